The summed E-state index contributed by atoms with van der Waals surface area (Å²) in [6, 6.07) is 0.950. The molecule has 0 bridgehead atoms. The summed E-state index contributed by atoms with van der Waals surface area (Å²) in [6.45, 7) is 4.36. The molecular weight excluding hydrogens is 214 g/mol. The molecule has 0 aromatic rings. The second kappa shape index (κ2) is 7.70. The van der Waals surface area contributed by atoms with Crippen LogP contribution in [0.5, 0.6) is 0 Å². The highest BCUT2D eigenvalue weighted by Crippen LogP contribution is 2.28. The van der Waals surface area contributed by atoms with Crippen LogP contribution in [0, 0.1) is 5.92 Å². The van der Waals surface area contributed by atoms with Gasteiger partial charge in [-0.1, -0.05) is 19.8 Å². The lowest BCUT2D eigenvalue weighted by molar-refractivity contribution is -0.137. The van der Waals surface area contributed by atoms with Crippen LogP contribution in [-0.4, -0.2) is 23.2 Å². The normalized spacial score (nSPS) is 26.7. The average Bonchev–Trinajstić information content (AvgIpc) is 2.29. The SMILES string of the molecule is CCCC1CCC(NC(C)CCC(=O)O)CC1. The van der Waals surface area contributed by atoms with Crippen LogP contribution < -0.4 is 5.32 Å². The van der Waals surface area contributed by atoms with E-state index in [4.69, 9.17) is 5.11 Å². The Bertz CT molecular complexity index is 222. The molecule has 0 aromatic heterocycles. The Balaban J connectivity index is 2.14. The minimum atomic E-state index is -0.690. The fourth-order valence-electron chi connectivity index (χ4n) is 2.85. The van der Waals surface area contributed by atoms with Gasteiger partial charge in [0, 0.05) is 18.5 Å². The predicted octanol–water partition coefficient (Wildman–Crippen LogP) is 3.19. The molecule has 0 radical (unpaired) electrons. The highest BCUT2D eigenvalue weighted by molar-refractivity contribution is 5.66. The summed E-state index contributed by atoms with van der Waals surface area (Å²) in [7, 11) is 0. The van der Waals surface area contributed by atoms with Crippen molar-refractivity contribution in [2.24, 2.45) is 5.92 Å². The third-order valence-corrected chi connectivity index (χ3v) is 3.86. The predicted molar refractivity (Wildman–Crippen MR) is 70.1 cm³/mol. The number of carboxylic acids is 1. The van der Waals surface area contributed by atoms with Crippen molar-refractivity contribution in [3.63, 3.8) is 0 Å². The molecule has 1 saturated carbocycles. The molecule has 1 unspecified atom stereocenters. The van der Waals surface area contributed by atoms with Gasteiger partial charge in [0.25, 0.3) is 0 Å². The zero-order valence-electron chi connectivity index (χ0n) is 11.2. The summed E-state index contributed by atoms with van der Waals surface area (Å²) in [5.41, 5.74) is 0. The summed E-state index contributed by atoms with van der Waals surface area (Å²) in [4.78, 5) is 10.5. The number of carboxylic acid groups (broad SMARTS) is 1. The van der Waals surface area contributed by atoms with E-state index < -0.39 is 5.97 Å². The number of nitrogens with one attached hydrogen (secondary N) is 1. The lowest BCUT2D eigenvalue weighted by Gasteiger charge is -2.31. The lowest BCUT2D eigenvalue weighted by atomic mass is 9.83. The zero-order chi connectivity index (χ0) is 12.7. The van der Waals surface area contributed by atoms with Crippen LogP contribution in [-0.2, 0) is 4.79 Å². The molecule has 1 rings (SSSR count). The van der Waals surface area contributed by atoms with Crippen molar-refractivity contribution >= 4 is 5.97 Å². The quantitative estimate of drug-likeness (QED) is 0.719. The van der Waals surface area contributed by atoms with Crippen LogP contribution >= 0.6 is 0 Å². The first-order chi connectivity index (χ1) is 8.11. The maximum Gasteiger partial charge on any atom is 0.303 e. The molecule has 0 aromatic carbocycles. The van der Waals surface area contributed by atoms with Crippen molar-refractivity contribution in [2.45, 2.75) is 77.3 Å². The van der Waals surface area contributed by atoms with Gasteiger partial charge in [0.1, 0.15) is 0 Å². The fourth-order valence-corrected chi connectivity index (χ4v) is 2.85. The molecule has 1 aliphatic carbocycles. The Hall–Kier alpha value is -0.570. The minimum Gasteiger partial charge on any atom is -0.481 e. The van der Waals surface area contributed by atoms with E-state index >= 15 is 0 Å². The monoisotopic (exact) mass is 241 g/mol. The molecule has 2 N–H and O–H groups in total. The Kier molecular flexibility index (Phi) is 6.56. The number of hydrogen-bond acceptors (Lipinski definition) is 2. The van der Waals surface area contributed by atoms with Crippen molar-refractivity contribution in [1.82, 2.24) is 5.32 Å². The van der Waals surface area contributed by atoms with Gasteiger partial charge >= 0.3 is 5.97 Å². The number of carbonyl (C=O) groups is 1. The topological polar surface area (TPSA) is 49.3 Å². The first kappa shape index (κ1) is 14.5. The highest BCUT2D eigenvalue weighted by atomic mass is 16.4. The van der Waals surface area contributed by atoms with Gasteiger partial charge in [-0.25, -0.2) is 0 Å². The van der Waals surface area contributed by atoms with E-state index in [1.807, 2.05) is 0 Å². The maximum atomic E-state index is 10.5. The Morgan fingerprint density at radius 1 is 1.35 bits per heavy atom. The van der Waals surface area contributed by atoms with Gasteiger partial charge in [-0.05, 0) is 44.9 Å². The second-order valence-electron chi connectivity index (χ2n) is 5.51. The average molecular weight is 241 g/mol. The van der Waals surface area contributed by atoms with E-state index in [2.05, 4.69) is 19.2 Å². The van der Waals surface area contributed by atoms with E-state index in [9.17, 15) is 4.79 Å². The molecular formula is C14H27NO2. The van der Waals surface area contributed by atoms with Crippen LogP contribution in [0.25, 0.3) is 0 Å². The summed E-state index contributed by atoms with van der Waals surface area (Å²) in [5, 5.41) is 12.2. The molecule has 3 nitrogen and oxygen atoms in total. The van der Waals surface area contributed by atoms with Gasteiger partial charge in [-0.3, -0.25) is 4.79 Å². The summed E-state index contributed by atoms with van der Waals surface area (Å²) < 4.78 is 0. The molecule has 0 aliphatic heterocycles. The van der Waals surface area contributed by atoms with E-state index in [1.165, 1.54) is 38.5 Å². The molecule has 0 amide bonds. The first-order valence-corrected chi connectivity index (χ1v) is 7.09. The van der Waals surface area contributed by atoms with Gasteiger partial charge < -0.3 is 10.4 Å². The number of aliphatic carboxylic acids is 1. The summed E-state index contributed by atoms with van der Waals surface area (Å²) in [5.74, 6) is 0.248. The van der Waals surface area contributed by atoms with Gasteiger partial charge in [-0.15, -0.1) is 0 Å². The smallest absolute Gasteiger partial charge is 0.303 e. The van der Waals surface area contributed by atoms with Crippen LogP contribution in [0.2, 0.25) is 0 Å². The van der Waals surface area contributed by atoms with Crippen molar-refractivity contribution in [3.05, 3.63) is 0 Å². The Morgan fingerprint density at radius 2 is 2.00 bits per heavy atom. The number of hydrogen-bond donors (Lipinski definition) is 2. The van der Waals surface area contributed by atoms with E-state index in [-0.39, 0.29) is 6.42 Å². The largest absolute Gasteiger partial charge is 0.481 e. The summed E-state index contributed by atoms with van der Waals surface area (Å²) in [6.07, 6.45) is 8.92. The van der Waals surface area contributed by atoms with Gasteiger partial charge in [0.15, 0.2) is 0 Å². The zero-order valence-corrected chi connectivity index (χ0v) is 11.2. The summed E-state index contributed by atoms with van der Waals surface area (Å²) >= 11 is 0. The fraction of sp³-hybridized carbons (Fsp3) is 0.929. The van der Waals surface area contributed by atoms with Crippen molar-refractivity contribution < 1.29 is 9.90 Å². The molecule has 1 aliphatic rings. The van der Waals surface area contributed by atoms with Gasteiger partial charge in [0.2, 0.25) is 0 Å². The third-order valence-electron chi connectivity index (χ3n) is 3.86. The van der Waals surface area contributed by atoms with Crippen LogP contribution in [0.4, 0.5) is 0 Å². The van der Waals surface area contributed by atoms with Gasteiger partial charge in [-0.2, -0.15) is 0 Å². The van der Waals surface area contributed by atoms with Crippen LogP contribution in [0.3, 0.4) is 0 Å². The van der Waals surface area contributed by atoms with Crippen LogP contribution in [0.1, 0.15) is 65.2 Å². The Labute approximate surface area is 105 Å². The maximum absolute atomic E-state index is 10.5. The van der Waals surface area contributed by atoms with E-state index in [1.54, 1.807) is 0 Å². The molecule has 17 heavy (non-hydrogen) atoms. The van der Waals surface area contributed by atoms with Crippen molar-refractivity contribution in [2.75, 3.05) is 0 Å². The highest BCUT2D eigenvalue weighted by Gasteiger charge is 2.21. The van der Waals surface area contributed by atoms with Crippen molar-refractivity contribution in [1.29, 1.82) is 0 Å². The Morgan fingerprint density at radius 3 is 2.53 bits per heavy atom. The molecule has 0 heterocycles. The first-order valence-electron chi connectivity index (χ1n) is 7.09. The van der Waals surface area contributed by atoms with E-state index in [0.29, 0.717) is 12.1 Å². The molecule has 1 atom stereocenters. The van der Waals surface area contributed by atoms with Gasteiger partial charge in [0.05, 0.1) is 0 Å². The second-order valence-corrected chi connectivity index (χ2v) is 5.51. The molecule has 1 fully saturated rings. The van der Waals surface area contributed by atoms with Crippen LogP contribution in [0.15, 0.2) is 0 Å². The third kappa shape index (κ3) is 6.06. The minimum absolute atomic E-state index is 0.277. The molecule has 0 saturated heterocycles. The van der Waals surface area contributed by atoms with Crippen molar-refractivity contribution in [3.8, 4) is 0 Å². The molecule has 3 heteroatoms. The molecule has 100 valence electrons. The lowest BCUT2D eigenvalue weighted by Crippen LogP contribution is -2.39. The van der Waals surface area contributed by atoms with E-state index in [0.717, 1.165) is 12.3 Å². The standard InChI is InChI=1S/C14H27NO2/c1-3-4-12-6-8-13(9-7-12)15-11(2)5-10-14(16)17/h11-13,15H,3-10H2,1-2H3,(H,16,17). The molecule has 0 spiro atoms. The number of rotatable bonds is 7.